The SMILES string of the molecule is C[C@@H](NS(=O)(=O)CCCCCN1CC(=O)N(COP(=O)(O)O)C1=O)c1ccc(F)c(OCC2CC2)c1. The summed E-state index contributed by atoms with van der Waals surface area (Å²) in [5.41, 5.74) is 0.579. The van der Waals surface area contributed by atoms with Gasteiger partial charge in [0, 0.05) is 12.6 Å². The monoisotopic (exact) mass is 551 g/mol. The molecule has 0 aromatic heterocycles. The van der Waals surface area contributed by atoms with Crippen molar-refractivity contribution in [1.82, 2.24) is 14.5 Å². The Bertz CT molecular complexity index is 1110. The average Bonchev–Trinajstić information content (AvgIpc) is 3.56. The Labute approximate surface area is 209 Å². The summed E-state index contributed by atoms with van der Waals surface area (Å²) in [6, 6.07) is 2.96. The van der Waals surface area contributed by atoms with Gasteiger partial charge in [-0.1, -0.05) is 12.5 Å². The van der Waals surface area contributed by atoms with Crippen molar-refractivity contribution in [2.45, 2.75) is 45.1 Å². The Balaban J connectivity index is 1.39. The number of amides is 3. The van der Waals surface area contributed by atoms with E-state index in [1.54, 1.807) is 6.92 Å². The highest BCUT2D eigenvalue weighted by Gasteiger charge is 2.36. The van der Waals surface area contributed by atoms with Crippen LogP contribution in [0.1, 0.15) is 50.6 Å². The van der Waals surface area contributed by atoms with E-state index in [4.69, 9.17) is 14.5 Å². The summed E-state index contributed by atoms with van der Waals surface area (Å²) in [7, 11) is -8.46. The number of nitrogens with zero attached hydrogens (tertiary/aromatic N) is 2. The molecule has 1 saturated carbocycles. The lowest BCUT2D eigenvalue weighted by Crippen LogP contribution is -2.35. The van der Waals surface area contributed by atoms with Gasteiger partial charge in [-0.2, -0.15) is 0 Å². The number of hydrogen-bond donors (Lipinski definition) is 3. The smallest absolute Gasteiger partial charge is 0.471 e. The maximum atomic E-state index is 14.0. The zero-order valence-electron chi connectivity index (χ0n) is 19.8. The third kappa shape index (κ3) is 8.79. The van der Waals surface area contributed by atoms with Gasteiger partial charge in [0.2, 0.25) is 10.0 Å². The second kappa shape index (κ2) is 12.0. The van der Waals surface area contributed by atoms with Crippen molar-refractivity contribution in [1.29, 1.82) is 0 Å². The highest BCUT2D eigenvalue weighted by molar-refractivity contribution is 7.89. The van der Waals surface area contributed by atoms with E-state index in [2.05, 4.69) is 9.25 Å². The van der Waals surface area contributed by atoms with Gasteiger partial charge in [0.25, 0.3) is 5.91 Å². The largest absolute Gasteiger partial charge is 0.490 e. The summed E-state index contributed by atoms with van der Waals surface area (Å²) in [6.45, 7) is 1.19. The summed E-state index contributed by atoms with van der Waals surface area (Å²) in [6.07, 6.45) is 3.33. The molecule has 1 aliphatic heterocycles. The molecule has 2 fully saturated rings. The number of halogens is 1. The van der Waals surface area contributed by atoms with Gasteiger partial charge in [-0.3, -0.25) is 9.32 Å². The first-order valence-corrected chi connectivity index (χ1v) is 14.7. The van der Waals surface area contributed by atoms with Gasteiger partial charge in [0.05, 0.1) is 12.4 Å². The van der Waals surface area contributed by atoms with E-state index < -0.39 is 48.4 Å². The molecule has 1 aromatic rings. The molecule has 3 amide bonds. The van der Waals surface area contributed by atoms with Crippen LogP contribution in [-0.2, 0) is 23.9 Å². The minimum Gasteiger partial charge on any atom is -0.490 e. The molecule has 1 atom stereocenters. The molecule has 0 unspecified atom stereocenters. The van der Waals surface area contributed by atoms with Crippen molar-refractivity contribution in [2.75, 3.05) is 32.2 Å². The minimum absolute atomic E-state index is 0.104. The van der Waals surface area contributed by atoms with E-state index >= 15 is 0 Å². The van der Waals surface area contributed by atoms with Gasteiger partial charge in [-0.25, -0.2) is 31.8 Å². The second-order valence-corrected chi connectivity index (χ2v) is 12.1. The highest BCUT2D eigenvalue weighted by atomic mass is 32.2. The fourth-order valence-electron chi connectivity index (χ4n) is 3.59. The van der Waals surface area contributed by atoms with Gasteiger partial charge >= 0.3 is 13.9 Å². The van der Waals surface area contributed by atoms with Crippen molar-refractivity contribution < 1.29 is 46.0 Å². The molecular weight excluding hydrogens is 520 g/mol. The standard InChI is InChI=1S/C21H31FN3O9PS/c1-15(17-7-8-18(22)19(11-17)33-13-16-5-6-16)23-36(31,32)10-4-2-3-9-24-12-20(26)25(21(24)27)14-34-35(28,29)30/h7-8,11,15-16,23H,2-6,9-10,12-14H2,1H3,(H2,28,29,30)/t15-/m1/s1. The van der Waals surface area contributed by atoms with Crippen LogP contribution in [0.3, 0.4) is 0 Å². The van der Waals surface area contributed by atoms with E-state index in [0.29, 0.717) is 42.3 Å². The number of urea groups is 1. The van der Waals surface area contributed by atoms with Crippen molar-refractivity contribution in [3.05, 3.63) is 29.6 Å². The van der Waals surface area contributed by atoms with E-state index in [9.17, 15) is 27.0 Å². The molecule has 0 bridgehead atoms. The summed E-state index contributed by atoms with van der Waals surface area (Å²) >= 11 is 0. The molecule has 3 rings (SSSR count). The normalized spacial score (nSPS) is 17.7. The van der Waals surface area contributed by atoms with E-state index in [1.807, 2.05) is 0 Å². The van der Waals surface area contributed by atoms with Crippen molar-refractivity contribution in [3.63, 3.8) is 0 Å². The molecule has 0 radical (unpaired) electrons. The molecule has 2 aliphatic rings. The number of unbranched alkanes of at least 4 members (excludes halogenated alkanes) is 2. The van der Waals surface area contributed by atoms with Gasteiger partial charge in [-0.05, 0) is 56.2 Å². The summed E-state index contributed by atoms with van der Waals surface area (Å²) < 4.78 is 62.0. The lowest BCUT2D eigenvalue weighted by molar-refractivity contribution is -0.127. The topological polar surface area (TPSA) is 163 Å². The Morgan fingerprint density at radius 2 is 1.94 bits per heavy atom. The van der Waals surface area contributed by atoms with Gasteiger partial charge in [-0.15, -0.1) is 0 Å². The first-order chi connectivity index (χ1) is 16.8. The summed E-state index contributed by atoms with van der Waals surface area (Å²) in [5.74, 6) is -0.735. The van der Waals surface area contributed by atoms with Crippen LogP contribution in [0.5, 0.6) is 5.75 Å². The Kier molecular flexibility index (Phi) is 9.47. The van der Waals surface area contributed by atoms with Crippen molar-refractivity contribution in [2.24, 2.45) is 5.92 Å². The van der Waals surface area contributed by atoms with Crippen LogP contribution >= 0.6 is 7.82 Å². The maximum Gasteiger partial charge on any atom is 0.471 e. The number of imide groups is 1. The maximum absolute atomic E-state index is 14.0. The first kappa shape index (κ1) is 28.5. The fraction of sp³-hybridized carbons (Fsp3) is 0.619. The van der Waals surface area contributed by atoms with Crippen LogP contribution in [0.25, 0.3) is 0 Å². The van der Waals surface area contributed by atoms with Gasteiger partial charge < -0.3 is 19.4 Å². The fourth-order valence-corrected chi connectivity index (χ4v) is 5.23. The lowest BCUT2D eigenvalue weighted by atomic mass is 10.1. The molecule has 1 aliphatic carbocycles. The van der Waals surface area contributed by atoms with Crippen LogP contribution in [0.4, 0.5) is 9.18 Å². The number of nitrogens with one attached hydrogen (secondary N) is 1. The molecule has 1 saturated heterocycles. The van der Waals surface area contributed by atoms with Crippen LogP contribution in [0.15, 0.2) is 18.2 Å². The van der Waals surface area contributed by atoms with Crippen LogP contribution in [-0.4, -0.2) is 72.1 Å². The molecule has 1 heterocycles. The van der Waals surface area contributed by atoms with E-state index in [1.165, 1.54) is 23.1 Å². The number of carbonyl (C=O) groups excluding carboxylic acids is 2. The molecule has 0 spiro atoms. The zero-order valence-corrected chi connectivity index (χ0v) is 21.5. The van der Waals surface area contributed by atoms with Gasteiger partial charge in [0.15, 0.2) is 11.6 Å². The number of hydrogen-bond acceptors (Lipinski definition) is 7. The molecule has 3 N–H and O–H groups in total. The molecule has 12 nitrogen and oxygen atoms in total. The van der Waals surface area contributed by atoms with Crippen LogP contribution in [0.2, 0.25) is 0 Å². The number of benzene rings is 1. The average molecular weight is 552 g/mol. The van der Waals surface area contributed by atoms with Crippen LogP contribution < -0.4 is 9.46 Å². The number of ether oxygens (including phenoxy) is 1. The first-order valence-electron chi connectivity index (χ1n) is 11.6. The predicted octanol–water partition coefficient (Wildman–Crippen LogP) is 2.10. The summed E-state index contributed by atoms with van der Waals surface area (Å²) in [5, 5.41) is 0. The lowest BCUT2D eigenvalue weighted by Gasteiger charge is -2.17. The van der Waals surface area contributed by atoms with E-state index in [-0.39, 0.29) is 24.6 Å². The van der Waals surface area contributed by atoms with Crippen molar-refractivity contribution >= 4 is 29.8 Å². The summed E-state index contributed by atoms with van der Waals surface area (Å²) in [4.78, 5) is 43.3. The molecule has 1 aromatic carbocycles. The Morgan fingerprint density at radius 1 is 1.22 bits per heavy atom. The number of carbonyl (C=O) groups is 2. The quantitative estimate of drug-likeness (QED) is 0.168. The molecular formula is C21H31FN3O9PS. The minimum atomic E-state index is -4.83. The highest BCUT2D eigenvalue weighted by Crippen LogP contribution is 2.36. The molecule has 15 heteroatoms. The third-order valence-electron chi connectivity index (χ3n) is 5.81. The predicted molar refractivity (Wildman–Crippen MR) is 126 cm³/mol. The number of sulfonamides is 1. The molecule has 202 valence electrons. The second-order valence-electron chi connectivity index (χ2n) is 8.94. The molecule has 36 heavy (non-hydrogen) atoms. The Morgan fingerprint density at radius 3 is 2.61 bits per heavy atom. The third-order valence-corrected chi connectivity index (χ3v) is 7.80. The van der Waals surface area contributed by atoms with Gasteiger partial charge in [0.1, 0.15) is 13.3 Å². The van der Waals surface area contributed by atoms with Crippen LogP contribution in [0, 0.1) is 11.7 Å². The zero-order chi connectivity index (χ0) is 26.5. The Hall–Kier alpha value is -2.09. The van der Waals surface area contributed by atoms with E-state index in [0.717, 1.165) is 12.8 Å². The number of rotatable bonds is 15. The number of phosphoric ester groups is 1. The number of phosphoric acid groups is 1. The van der Waals surface area contributed by atoms with Crippen molar-refractivity contribution in [3.8, 4) is 5.75 Å².